The van der Waals surface area contributed by atoms with E-state index in [1.54, 1.807) is 10.8 Å². The third-order valence-electron chi connectivity index (χ3n) is 7.34. The molecule has 0 amide bonds. The molecule has 0 aliphatic carbocycles. The summed E-state index contributed by atoms with van der Waals surface area (Å²) < 4.78 is 73.5. The molecular weight excluding hydrogens is 647 g/mol. The van der Waals surface area contributed by atoms with Crippen molar-refractivity contribution < 1.29 is 30.9 Å². The van der Waals surface area contributed by atoms with Crippen molar-refractivity contribution in [2.75, 3.05) is 19.5 Å². The molecule has 0 spiro atoms. The van der Waals surface area contributed by atoms with Crippen molar-refractivity contribution >= 4 is 18.2 Å². The highest BCUT2D eigenvalue weighted by Crippen LogP contribution is 2.33. The van der Waals surface area contributed by atoms with Crippen molar-refractivity contribution in [3.63, 3.8) is 0 Å². The summed E-state index contributed by atoms with van der Waals surface area (Å²) in [5.74, 6) is -1.49. The third-order valence-corrected chi connectivity index (χ3v) is 9.64. The summed E-state index contributed by atoms with van der Waals surface area (Å²) in [6, 6.07) is 12.1. The standard InChI is InChI=1S/C33H42F2N4O6SSi/c1-6-7-18-44-29-22-39(23-43-19-20-47(3,4)5)37-31(32(29)40)33-36-16-17-38(33)21-28(45-46(2,41)42)30(24-8-12-26(34)13-9-24)25-10-14-27(35)15-11-25/h8-17,22,28,30H,6-7,18-21,23H2,1-5H3/t28-/m0/s1. The first-order valence-electron chi connectivity index (χ1n) is 15.5. The average Bonchev–Trinajstić information content (AvgIpc) is 3.45. The van der Waals surface area contributed by atoms with E-state index < -0.39 is 47.3 Å². The molecule has 0 aliphatic rings. The Bertz CT molecular complexity index is 1730. The van der Waals surface area contributed by atoms with Crippen LogP contribution in [0.1, 0.15) is 36.8 Å². The second-order valence-corrected chi connectivity index (χ2v) is 19.8. The molecule has 10 nitrogen and oxygen atoms in total. The van der Waals surface area contributed by atoms with Gasteiger partial charge in [0.25, 0.3) is 15.5 Å². The summed E-state index contributed by atoms with van der Waals surface area (Å²) in [4.78, 5) is 18.1. The van der Waals surface area contributed by atoms with Gasteiger partial charge in [-0.05, 0) is 47.9 Å². The molecule has 0 unspecified atom stereocenters. The molecule has 4 aromatic rings. The zero-order valence-electron chi connectivity index (χ0n) is 27.4. The molecule has 0 saturated heterocycles. The van der Waals surface area contributed by atoms with Gasteiger partial charge in [0.2, 0.25) is 0 Å². The normalized spacial score (nSPS) is 12.9. The molecule has 1 atom stereocenters. The molecule has 47 heavy (non-hydrogen) atoms. The minimum absolute atomic E-state index is 0.0176. The molecule has 2 heterocycles. The Morgan fingerprint density at radius 3 is 2.13 bits per heavy atom. The Labute approximate surface area is 275 Å². The molecule has 0 saturated carbocycles. The predicted octanol–water partition coefficient (Wildman–Crippen LogP) is 6.05. The fourth-order valence-electron chi connectivity index (χ4n) is 4.94. The minimum Gasteiger partial charge on any atom is -0.488 e. The van der Waals surface area contributed by atoms with Gasteiger partial charge >= 0.3 is 0 Å². The van der Waals surface area contributed by atoms with Gasteiger partial charge in [0.1, 0.15) is 24.5 Å². The second kappa shape index (κ2) is 15.9. The van der Waals surface area contributed by atoms with Crippen LogP contribution < -0.4 is 10.2 Å². The Morgan fingerprint density at radius 2 is 1.57 bits per heavy atom. The SMILES string of the molecule is CCCCOc1cn(COCC[Si](C)(C)C)nc(-c2nccn2C[C@H](OS(C)(=O)=O)C(c2ccc(F)cc2)c2ccc(F)cc2)c1=O. The van der Waals surface area contributed by atoms with E-state index in [4.69, 9.17) is 13.7 Å². The molecule has 0 aliphatic heterocycles. The van der Waals surface area contributed by atoms with Gasteiger partial charge in [-0.1, -0.05) is 57.3 Å². The molecule has 2 aromatic carbocycles. The molecule has 0 bridgehead atoms. The fourth-order valence-corrected chi connectivity index (χ4v) is 6.31. The number of ether oxygens (including phenoxy) is 2. The zero-order chi connectivity index (χ0) is 34.2. The molecule has 0 radical (unpaired) electrons. The summed E-state index contributed by atoms with van der Waals surface area (Å²) in [5.41, 5.74) is 0.573. The average molecular weight is 689 g/mol. The first-order chi connectivity index (χ1) is 22.2. The third kappa shape index (κ3) is 10.6. The Hall–Kier alpha value is -3.72. The summed E-state index contributed by atoms with van der Waals surface area (Å²) in [6.07, 6.45) is 6.00. The van der Waals surface area contributed by atoms with Crippen molar-refractivity contribution in [3.05, 3.63) is 100 Å². The smallest absolute Gasteiger partial charge is 0.264 e. The molecule has 2 aromatic heterocycles. The van der Waals surface area contributed by atoms with E-state index in [1.807, 2.05) is 6.92 Å². The maximum Gasteiger partial charge on any atom is 0.264 e. The van der Waals surface area contributed by atoms with E-state index in [-0.39, 0.29) is 30.5 Å². The van der Waals surface area contributed by atoms with Gasteiger partial charge in [0.15, 0.2) is 17.3 Å². The van der Waals surface area contributed by atoms with E-state index in [0.29, 0.717) is 24.3 Å². The number of unbranched alkanes of at least 4 members (excludes halogenated alkanes) is 1. The van der Waals surface area contributed by atoms with E-state index in [9.17, 15) is 22.0 Å². The summed E-state index contributed by atoms with van der Waals surface area (Å²) in [7, 11) is -5.37. The van der Waals surface area contributed by atoms with Crippen molar-refractivity contribution in [2.45, 2.75) is 70.7 Å². The van der Waals surface area contributed by atoms with Crippen LogP contribution in [0.5, 0.6) is 5.75 Å². The largest absolute Gasteiger partial charge is 0.488 e. The van der Waals surface area contributed by atoms with Gasteiger partial charge in [-0.3, -0.25) is 8.98 Å². The molecule has 14 heteroatoms. The summed E-state index contributed by atoms with van der Waals surface area (Å²) in [6.45, 7) is 9.62. The van der Waals surface area contributed by atoms with Crippen LogP contribution in [0.25, 0.3) is 11.5 Å². The quantitative estimate of drug-likeness (QED) is 0.0748. The number of hydrogen-bond acceptors (Lipinski definition) is 8. The number of nitrogens with zero attached hydrogens (tertiary/aromatic N) is 4. The summed E-state index contributed by atoms with van der Waals surface area (Å²) in [5, 5.41) is 4.55. The lowest BCUT2D eigenvalue weighted by Gasteiger charge is -2.28. The number of aromatic nitrogens is 4. The van der Waals surface area contributed by atoms with Crippen molar-refractivity contribution in [1.29, 1.82) is 0 Å². The molecule has 254 valence electrons. The predicted molar refractivity (Wildman–Crippen MR) is 179 cm³/mol. The number of rotatable bonds is 17. The highest BCUT2D eigenvalue weighted by atomic mass is 32.2. The molecule has 0 N–H and O–H groups in total. The lowest BCUT2D eigenvalue weighted by atomic mass is 9.86. The van der Waals surface area contributed by atoms with Gasteiger partial charge in [-0.15, -0.1) is 0 Å². The van der Waals surface area contributed by atoms with Gasteiger partial charge in [0.05, 0.1) is 25.6 Å². The maximum atomic E-state index is 13.9. The number of imidazole rings is 1. The first kappa shape index (κ1) is 36.1. The monoisotopic (exact) mass is 688 g/mol. The fraction of sp³-hybridized carbons (Fsp3) is 0.424. The van der Waals surface area contributed by atoms with Gasteiger partial charge < -0.3 is 14.0 Å². The topological polar surface area (TPSA) is 115 Å². The van der Waals surface area contributed by atoms with Gasteiger partial charge in [-0.2, -0.15) is 13.5 Å². The van der Waals surface area contributed by atoms with E-state index >= 15 is 0 Å². The Kier molecular flexibility index (Phi) is 12.2. The van der Waals surface area contributed by atoms with Crippen LogP contribution >= 0.6 is 0 Å². The summed E-state index contributed by atoms with van der Waals surface area (Å²) >= 11 is 0. The lowest BCUT2D eigenvalue weighted by molar-refractivity contribution is 0.0767. The number of benzene rings is 2. The van der Waals surface area contributed by atoms with Crippen molar-refractivity contribution in [2.24, 2.45) is 0 Å². The van der Waals surface area contributed by atoms with Gasteiger partial charge in [0, 0.05) is 33.0 Å². The van der Waals surface area contributed by atoms with Crippen LogP contribution in [0.15, 0.2) is 71.9 Å². The van der Waals surface area contributed by atoms with Crippen LogP contribution in [0.3, 0.4) is 0 Å². The van der Waals surface area contributed by atoms with Crippen LogP contribution in [0.2, 0.25) is 25.7 Å². The highest BCUT2D eigenvalue weighted by molar-refractivity contribution is 7.86. The Morgan fingerprint density at radius 1 is 0.957 bits per heavy atom. The Balaban J connectivity index is 1.76. The molecule has 0 fully saturated rings. The van der Waals surface area contributed by atoms with Crippen molar-refractivity contribution in [1.82, 2.24) is 19.3 Å². The van der Waals surface area contributed by atoms with Crippen LogP contribution in [-0.2, 0) is 32.3 Å². The van der Waals surface area contributed by atoms with Gasteiger partial charge in [-0.25, -0.2) is 18.4 Å². The van der Waals surface area contributed by atoms with Crippen molar-refractivity contribution in [3.8, 4) is 17.3 Å². The van der Waals surface area contributed by atoms with E-state index in [0.717, 1.165) is 25.1 Å². The van der Waals surface area contributed by atoms with Crippen LogP contribution in [-0.4, -0.2) is 61.4 Å². The van der Waals surface area contributed by atoms with Crippen LogP contribution in [0.4, 0.5) is 8.78 Å². The lowest BCUT2D eigenvalue weighted by Crippen LogP contribution is -2.31. The number of halogens is 2. The molecular formula is C33H42F2N4O6SSi. The molecule has 4 rings (SSSR count). The maximum absolute atomic E-state index is 13.9. The highest BCUT2D eigenvalue weighted by Gasteiger charge is 2.31. The van der Waals surface area contributed by atoms with E-state index in [1.165, 1.54) is 65.6 Å². The minimum atomic E-state index is -4.04. The number of hydrogen-bond donors (Lipinski definition) is 0. The van der Waals surface area contributed by atoms with Crippen LogP contribution in [0, 0.1) is 11.6 Å². The second-order valence-electron chi connectivity index (χ2n) is 12.6. The van der Waals surface area contributed by atoms with E-state index in [2.05, 4.69) is 29.7 Å². The zero-order valence-corrected chi connectivity index (χ0v) is 29.2. The first-order valence-corrected chi connectivity index (χ1v) is 21.0.